The average molecular weight is 501 g/mol. The van der Waals surface area contributed by atoms with Crippen LogP contribution in [-0.2, 0) is 11.8 Å². The molecule has 34 heavy (non-hydrogen) atoms. The number of nitrogens with zero attached hydrogens (tertiary/aromatic N) is 2. The highest BCUT2D eigenvalue weighted by Crippen LogP contribution is 2.44. The SMILES string of the molecule is Cc1sc2cc3c(cc2c1CC(C)C)sc1c(-c2cc(C(C)(C)C)c4sccc4c2)ncnc13. The normalized spacial score (nSPS) is 12.8. The highest BCUT2D eigenvalue weighted by molar-refractivity contribution is 7.26. The fraction of sp³-hybridized carbons (Fsp3) is 0.310. The first-order valence-electron chi connectivity index (χ1n) is 11.8. The van der Waals surface area contributed by atoms with Crippen molar-refractivity contribution in [1.29, 1.82) is 0 Å². The molecule has 0 radical (unpaired) electrons. The van der Waals surface area contributed by atoms with Crippen molar-refractivity contribution in [1.82, 2.24) is 9.97 Å². The Morgan fingerprint density at radius 1 is 0.912 bits per heavy atom. The van der Waals surface area contributed by atoms with Crippen LogP contribution >= 0.6 is 34.0 Å². The molecule has 0 aliphatic carbocycles. The first-order valence-corrected chi connectivity index (χ1v) is 14.3. The summed E-state index contributed by atoms with van der Waals surface area (Å²) in [5.74, 6) is 0.649. The van der Waals surface area contributed by atoms with Crippen LogP contribution in [0, 0.1) is 12.8 Å². The van der Waals surface area contributed by atoms with Gasteiger partial charge in [0.25, 0.3) is 0 Å². The molecule has 0 aliphatic rings. The molecule has 0 amide bonds. The van der Waals surface area contributed by atoms with E-state index in [4.69, 9.17) is 9.97 Å². The summed E-state index contributed by atoms with van der Waals surface area (Å²) in [5.41, 5.74) is 6.28. The Labute approximate surface area is 212 Å². The van der Waals surface area contributed by atoms with Gasteiger partial charge in [-0.2, -0.15) is 0 Å². The summed E-state index contributed by atoms with van der Waals surface area (Å²) < 4.78 is 5.24. The van der Waals surface area contributed by atoms with Crippen LogP contribution < -0.4 is 0 Å². The standard InChI is InChI=1S/C29H28N2S3/c1-15(2)9-19-16(3)33-23-13-21-24(12-20(19)23)34-28-25(30-14-31-26(21)28)18-10-17-7-8-32-27(17)22(11-18)29(4,5)6/h7-8,10-15H,9H2,1-6H3. The maximum absolute atomic E-state index is 4.82. The lowest BCUT2D eigenvalue weighted by atomic mass is 9.85. The Morgan fingerprint density at radius 3 is 2.44 bits per heavy atom. The quantitative estimate of drug-likeness (QED) is 0.242. The maximum atomic E-state index is 4.82. The number of aryl methyl sites for hydroxylation is 1. The molecular weight excluding hydrogens is 473 g/mol. The largest absolute Gasteiger partial charge is 0.235 e. The van der Waals surface area contributed by atoms with Crippen molar-refractivity contribution < 1.29 is 0 Å². The topological polar surface area (TPSA) is 25.8 Å². The van der Waals surface area contributed by atoms with Gasteiger partial charge in [0.1, 0.15) is 6.33 Å². The minimum Gasteiger partial charge on any atom is -0.235 e. The molecular formula is C29H28N2S3. The predicted molar refractivity (Wildman–Crippen MR) is 153 cm³/mol. The number of rotatable bonds is 3. The molecule has 4 heterocycles. The number of hydrogen-bond donors (Lipinski definition) is 0. The molecule has 172 valence electrons. The first-order chi connectivity index (χ1) is 16.2. The van der Waals surface area contributed by atoms with Gasteiger partial charge in [0, 0.05) is 29.9 Å². The molecule has 0 unspecified atom stereocenters. The molecule has 6 aromatic rings. The van der Waals surface area contributed by atoms with Crippen molar-refractivity contribution in [3.05, 3.63) is 58.0 Å². The van der Waals surface area contributed by atoms with Crippen LogP contribution in [0.4, 0.5) is 0 Å². The number of benzene rings is 2. The Bertz CT molecular complexity index is 1710. The zero-order valence-electron chi connectivity index (χ0n) is 20.4. The van der Waals surface area contributed by atoms with E-state index in [2.05, 4.69) is 77.3 Å². The molecule has 0 N–H and O–H groups in total. The summed E-state index contributed by atoms with van der Waals surface area (Å²) in [6.45, 7) is 13.8. The molecule has 2 nitrogen and oxygen atoms in total. The number of thiophene rings is 3. The molecule has 0 aliphatic heterocycles. The van der Waals surface area contributed by atoms with Gasteiger partial charge in [0.2, 0.25) is 0 Å². The van der Waals surface area contributed by atoms with E-state index in [1.54, 1.807) is 6.33 Å². The summed E-state index contributed by atoms with van der Waals surface area (Å²) in [6.07, 6.45) is 2.87. The minimum absolute atomic E-state index is 0.0699. The second-order valence-electron chi connectivity index (χ2n) is 10.7. The lowest BCUT2D eigenvalue weighted by molar-refractivity contribution is 0.597. The van der Waals surface area contributed by atoms with Gasteiger partial charge in [-0.15, -0.1) is 34.0 Å². The Hall–Kier alpha value is -2.34. The van der Waals surface area contributed by atoms with Crippen molar-refractivity contribution in [2.24, 2.45) is 5.92 Å². The van der Waals surface area contributed by atoms with Crippen molar-refractivity contribution >= 4 is 74.5 Å². The molecule has 5 heteroatoms. The highest BCUT2D eigenvalue weighted by atomic mass is 32.1. The summed E-state index contributed by atoms with van der Waals surface area (Å²) in [5, 5.41) is 6.16. The molecule has 0 saturated heterocycles. The van der Waals surface area contributed by atoms with Crippen molar-refractivity contribution in [3.63, 3.8) is 0 Å². The van der Waals surface area contributed by atoms with Gasteiger partial charge < -0.3 is 0 Å². The van der Waals surface area contributed by atoms with E-state index in [1.165, 1.54) is 56.5 Å². The Kier molecular flexibility index (Phi) is 5.11. The van der Waals surface area contributed by atoms with Crippen LogP contribution in [0.25, 0.3) is 51.7 Å². The molecule has 0 spiro atoms. The monoisotopic (exact) mass is 500 g/mol. The van der Waals surface area contributed by atoms with Gasteiger partial charge in [-0.3, -0.25) is 0 Å². The molecule has 0 bridgehead atoms. The van der Waals surface area contributed by atoms with Crippen molar-refractivity contribution in [2.45, 2.75) is 53.4 Å². The average Bonchev–Trinajstić information content (AvgIpc) is 3.46. The molecule has 2 aromatic carbocycles. The molecule has 6 rings (SSSR count). The first kappa shape index (κ1) is 22.1. The van der Waals surface area contributed by atoms with Gasteiger partial charge in [-0.1, -0.05) is 34.6 Å². The summed E-state index contributed by atoms with van der Waals surface area (Å²) in [4.78, 5) is 11.0. The van der Waals surface area contributed by atoms with E-state index in [-0.39, 0.29) is 5.41 Å². The molecule has 0 fully saturated rings. The number of fused-ring (bicyclic) bond motifs is 5. The van der Waals surface area contributed by atoms with E-state index < -0.39 is 0 Å². The van der Waals surface area contributed by atoms with Crippen molar-refractivity contribution in [3.8, 4) is 11.3 Å². The second-order valence-corrected chi connectivity index (χ2v) is 13.9. The Balaban J connectivity index is 1.61. The maximum Gasteiger partial charge on any atom is 0.116 e. The zero-order valence-corrected chi connectivity index (χ0v) is 22.9. The van der Waals surface area contributed by atoms with Crippen LogP contribution in [0.3, 0.4) is 0 Å². The Morgan fingerprint density at radius 2 is 1.68 bits per heavy atom. The van der Waals surface area contributed by atoms with Crippen LogP contribution in [0.5, 0.6) is 0 Å². The third-order valence-electron chi connectivity index (χ3n) is 6.61. The summed E-state index contributed by atoms with van der Waals surface area (Å²) in [6, 6.07) is 11.7. The molecule has 0 saturated carbocycles. The summed E-state index contributed by atoms with van der Waals surface area (Å²) >= 11 is 5.59. The summed E-state index contributed by atoms with van der Waals surface area (Å²) in [7, 11) is 0. The number of hydrogen-bond acceptors (Lipinski definition) is 5. The molecule has 0 atom stereocenters. The van der Waals surface area contributed by atoms with Crippen LogP contribution in [-0.4, -0.2) is 9.97 Å². The lowest BCUT2D eigenvalue weighted by Gasteiger charge is -2.21. The van der Waals surface area contributed by atoms with Gasteiger partial charge in [0.05, 0.1) is 15.9 Å². The second kappa shape index (κ2) is 7.84. The third-order valence-corrected chi connectivity index (χ3v) is 9.83. The minimum atomic E-state index is 0.0699. The zero-order chi connectivity index (χ0) is 23.8. The molecule has 4 aromatic heterocycles. The van der Waals surface area contributed by atoms with Crippen LogP contribution in [0.2, 0.25) is 0 Å². The fourth-order valence-corrected chi connectivity index (χ4v) is 8.39. The smallest absolute Gasteiger partial charge is 0.116 e. The van der Waals surface area contributed by atoms with Gasteiger partial charge in [-0.25, -0.2) is 9.97 Å². The van der Waals surface area contributed by atoms with E-state index in [9.17, 15) is 0 Å². The van der Waals surface area contributed by atoms with E-state index in [1.807, 2.05) is 34.0 Å². The van der Waals surface area contributed by atoms with Crippen LogP contribution in [0.15, 0.2) is 42.0 Å². The lowest BCUT2D eigenvalue weighted by Crippen LogP contribution is -2.11. The van der Waals surface area contributed by atoms with E-state index in [0.29, 0.717) is 5.92 Å². The fourth-order valence-electron chi connectivity index (χ4n) is 4.98. The highest BCUT2D eigenvalue weighted by Gasteiger charge is 2.22. The van der Waals surface area contributed by atoms with E-state index >= 15 is 0 Å². The third kappa shape index (κ3) is 3.48. The van der Waals surface area contributed by atoms with Gasteiger partial charge in [-0.05, 0) is 82.3 Å². The number of aromatic nitrogens is 2. The predicted octanol–water partition coefficient (Wildman–Crippen LogP) is 9.75. The van der Waals surface area contributed by atoms with Crippen LogP contribution in [0.1, 0.15) is 50.6 Å². The van der Waals surface area contributed by atoms with E-state index in [0.717, 1.165) is 17.6 Å². The van der Waals surface area contributed by atoms with Gasteiger partial charge >= 0.3 is 0 Å². The van der Waals surface area contributed by atoms with Gasteiger partial charge in [0.15, 0.2) is 0 Å². The van der Waals surface area contributed by atoms with Crippen molar-refractivity contribution in [2.75, 3.05) is 0 Å².